The number of methoxy groups -OCH3 is 1. The van der Waals surface area contributed by atoms with Crippen molar-refractivity contribution in [1.29, 1.82) is 0 Å². The molecule has 102 valence electrons. The molecule has 19 heavy (non-hydrogen) atoms. The molecule has 0 aliphatic carbocycles. The third-order valence-electron chi connectivity index (χ3n) is 2.87. The van der Waals surface area contributed by atoms with Gasteiger partial charge in [-0.15, -0.1) is 0 Å². The summed E-state index contributed by atoms with van der Waals surface area (Å²) in [5, 5.41) is 8.80. The summed E-state index contributed by atoms with van der Waals surface area (Å²) in [5.41, 5.74) is 2.77. The van der Waals surface area contributed by atoms with E-state index in [1.807, 2.05) is 20.0 Å². The second-order valence-corrected chi connectivity index (χ2v) is 5.02. The summed E-state index contributed by atoms with van der Waals surface area (Å²) in [5.74, 6) is 0.745. The van der Waals surface area contributed by atoms with Crippen LogP contribution in [0.25, 0.3) is 0 Å². The Labute approximate surface area is 122 Å². The molecule has 2 aromatic rings. The van der Waals surface area contributed by atoms with Crippen LogP contribution >= 0.6 is 23.2 Å². The van der Waals surface area contributed by atoms with E-state index in [2.05, 4.69) is 10.4 Å². The minimum atomic E-state index is 0.587. The highest BCUT2D eigenvalue weighted by Gasteiger charge is 2.13. The van der Waals surface area contributed by atoms with E-state index in [1.54, 1.807) is 23.9 Å². The second-order valence-electron chi connectivity index (χ2n) is 4.17. The van der Waals surface area contributed by atoms with Crippen LogP contribution < -0.4 is 10.1 Å². The number of ether oxygens (including phenoxy) is 1. The Morgan fingerprint density at radius 2 is 2.11 bits per heavy atom. The van der Waals surface area contributed by atoms with Gasteiger partial charge in [-0.25, -0.2) is 4.68 Å². The summed E-state index contributed by atoms with van der Waals surface area (Å²) < 4.78 is 7.06. The zero-order chi connectivity index (χ0) is 14.0. The number of nitrogens with zero attached hydrogens (tertiary/aromatic N) is 2. The van der Waals surface area contributed by atoms with Crippen molar-refractivity contribution < 1.29 is 4.74 Å². The number of nitrogens with one attached hydrogen (secondary N) is 1. The molecule has 0 aliphatic rings. The maximum atomic E-state index is 6.12. The molecular weight excluding hydrogens is 285 g/mol. The monoisotopic (exact) mass is 299 g/mol. The Morgan fingerprint density at radius 3 is 2.74 bits per heavy atom. The number of anilines is 1. The fourth-order valence-corrected chi connectivity index (χ4v) is 2.43. The van der Waals surface area contributed by atoms with Crippen LogP contribution in [0.2, 0.25) is 10.0 Å². The Hall–Kier alpha value is -1.39. The highest BCUT2D eigenvalue weighted by molar-refractivity contribution is 6.36. The molecule has 0 aliphatic heterocycles. The van der Waals surface area contributed by atoms with Crippen molar-refractivity contribution in [1.82, 2.24) is 9.78 Å². The molecule has 0 unspecified atom stereocenters. The van der Waals surface area contributed by atoms with Crippen molar-refractivity contribution in [2.24, 2.45) is 7.05 Å². The molecule has 1 aromatic heterocycles. The lowest BCUT2D eigenvalue weighted by Gasteiger charge is -2.09. The molecule has 0 fully saturated rings. The molecule has 6 heteroatoms. The van der Waals surface area contributed by atoms with Crippen molar-refractivity contribution in [2.45, 2.75) is 13.5 Å². The Balaban J connectivity index is 2.19. The van der Waals surface area contributed by atoms with Crippen LogP contribution in [0.15, 0.2) is 18.2 Å². The van der Waals surface area contributed by atoms with E-state index >= 15 is 0 Å². The van der Waals surface area contributed by atoms with Gasteiger partial charge >= 0.3 is 0 Å². The first-order chi connectivity index (χ1) is 9.02. The van der Waals surface area contributed by atoms with Gasteiger partial charge in [-0.05, 0) is 25.1 Å². The second kappa shape index (κ2) is 5.72. The summed E-state index contributed by atoms with van der Waals surface area (Å²) in [7, 11) is 3.49. The van der Waals surface area contributed by atoms with Crippen molar-refractivity contribution in [3.8, 4) is 5.88 Å². The van der Waals surface area contributed by atoms with Crippen LogP contribution in [0, 0.1) is 6.92 Å². The fraction of sp³-hybridized carbons (Fsp3) is 0.308. The number of benzene rings is 1. The number of halogens is 2. The standard InChI is InChI=1S/C13H15Cl2N3O/c1-8-10(13(19-3)18(2)17-8)7-16-12-5-4-9(14)6-11(12)15/h4-6,16H,7H2,1-3H3. The number of rotatable bonds is 4. The minimum Gasteiger partial charge on any atom is -0.481 e. The summed E-state index contributed by atoms with van der Waals surface area (Å²) in [6, 6.07) is 5.35. The van der Waals surface area contributed by atoms with Crippen molar-refractivity contribution in [2.75, 3.05) is 12.4 Å². The number of aryl methyl sites for hydroxylation is 2. The van der Waals surface area contributed by atoms with Crippen LogP contribution in [0.5, 0.6) is 5.88 Å². The molecule has 1 N–H and O–H groups in total. The molecule has 0 radical (unpaired) electrons. The Morgan fingerprint density at radius 1 is 1.37 bits per heavy atom. The van der Waals surface area contributed by atoms with Crippen LogP contribution in [0.3, 0.4) is 0 Å². The molecule has 0 spiro atoms. The topological polar surface area (TPSA) is 39.1 Å². The zero-order valence-electron chi connectivity index (χ0n) is 11.0. The molecule has 1 heterocycles. The van der Waals surface area contributed by atoms with Crippen LogP contribution in [-0.4, -0.2) is 16.9 Å². The molecule has 1 aromatic carbocycles. The van der Waals surface area contributed by atoms with Gasteiger partial charge in [0.2, 0.25) is 5.88 Å². The molecule has 0 saturated heterocycles. The van der Waals surface area contributed by atoms with E-state index in [9.17, 15) is 0 Å². The number of hydrogen-bond donors (Lipinski definition) is 1. The first-order valence-electron chi connectivity index (χ1n) is 5.78. The lowest BCUT2D eigenvalue weighted by molar-refractivity contribution is 0.370. The molecule has 0 atom stereocenters. The highest BCUT2D eigenvalue weighted by atomic mass is 35.5. The summed E-state index contributed by atoms with van der Waals surface area (Å²) in [4.78, 5) is 0. The molecule has 0 bridgehead atoms. The molecule has 0 amide bonds. The number of aromatic nitrogens is 2. The lowest BCUT2D eigenvalue weighted by Crippen LogP contribution is -2.03. The van der Waals surface area contributed by atoms with Gasteiger partial charge in [-0.1, -0.05) is 23.2 Å². The fourth-order valence-electron chi connectivity index (χ4n) is 1.96. The van der Waals surface area contributed by atoms with E-state index in [0.29, 0.717) is 16.6 Å². The Kier molecular flexibility index (Phi) is 4.22. The van der Waals surface area contributed by atoms with Gasteiger partial charge in [0, 0.05) is 18.6 Å². The third-order valence-corrected chi connectivity index (χ3v) is 3.42. The predicted molar refractivity (Wildman–Crippen MR) is 78.3 cm³/mol. The zero-order valence-corrected chi connectivity index (χ0v) is 12.5. The summed E-state index contributed by atoms with van der Waals surface area (Å²) in [6.07, 6.45) is 0. The van der Waals surface area contributed by atoms with E-state index in [1.165, 1.54) is 0 Å². The highest BCUT2D eigenvalue weighted by Crippen LogP contribution is 2.27. The van der Waals surface area contributed by atoms with Gasteiger partial charge in [0.15, 0.2) is 0 Å². The normalized spacial score (nSPS) is 10.6. The predicted octanol–water partition coefficient (Wildman–Crippen LogP) is 3.66. The first-order valence-corrected chi connectivity index (χ1v) is 6.54. The summed E-state index contributed by atoms with van der Waals surface area (Å²) >= 11 is 12.0. The SMILES string of the molecule is COc1c(CNc2ccc(Cl)cc2Cl)c(C)nn1C. The van der Waals surface area contributed by atoms with E-state index < -0.39 is 0 Å². The maximum absolute atomic E-state index is 6.12. The van der Waals surface area contributed by atoms with Crippen LogP contribution in [0.4, 0.5) is 5.69 Å². The average molecular weight is 300 g/mol. The maximum Gasteiger partial charge on any atom is 0.216 e. The molecule has 4 nitrogen and oxygen atoms in total. The molecule has 2 rings (SSSR count). The minimum absolute atomic E-state index is 0.587. The Bertz CT molecular complexity index is 596. The van der Waals surface area contributed by atoms with Gasteiger partial charge in [-0.2, -0.15) is 5.10 Å². The largest absolute Gasteiger partial charge is 0.481 e. The first kappa shape index (κ1) is 14.0. The van der Waals surface area contributed by atoms with E-state index in [4.69, 9.17) is 27.9 Å². The van der Waals surface area contributed by atoms with Crippen LogP contribution in [-0.2, 0) is 13.6 Å². The van der Waals surface area contributed by atoms with Crippen LogP contribution in [0.1, 0.15) is 11.3 Å². The van der Waals surface area contributed by atoms with E-state index in [-0.39, 0.29) is 0 Å². The third kappa shape index (κ3) is 2.96. The van der Waals surface area contributed by atoms with Gasteiger partial charge in [0.25, 0.3) is 0 Å². The molecule has 0 saturated carbocycles. The van der Waals surface area contributed by atoms with Gasteiger partial charge < -0.3 is 10.1 Å². The van der Waals surface area contributed by atoms with Gasteiger partial charge in [-0.3, -0.25) is 0 Å². The quantitative estimate of drug-likeness (QED) is 0.936. The van der Waals surface area contributed by atoms with Crippen molar-refractivity contribution in [3.05, 3.63) is 39.5 Å². The van der Waals surface area contributed by atoms with Gasteiger partial charge in [0.05, 0.1) is 29.1 Å². The van der Waals surface area contributed by atoms with Crippen molar-refractivity contribution >= 4 is 28.9 Å². The number of hydrogen-bond acceptors (Lipinski definition) is 3. The van der Waals surface area contributed by atoms with Crippen molar-refractivity contribution in [3.63, 3.8) is 0 Å². The summed E-state index contributed by atoms with van der Waals surface area (Å²) in [6.45, 7) is 2.53. The average Bonchev–Trinajstić information content (AvgIpc) is 2.62. The molecular formula is C13H15Cl2N3O. The lowest BCUT2D eigenvalue weighted by atomic mass is 10.2. The smallest absolute Gasteiger partial charge is 0.216 e. The van der Waals surface area contributed by atoms with Gasteiger partial charge in [0.1, 0.15) is 0 Å². The van der Waals surface area contributed by atoms with E-state index in [0.717, 1.165) is 22.8 Å².